The molecule has 0 bridgehead atoms. The summed E-state index contributed by atoms with van der Waals surface area (Å²) in [6.07, 6.45) is -3.99. The lowest BCUT2D eigenvalue weighted by molar-refractivity contribution is -0.274. The van der Waals surface area contributed by atoms with Gasteiger partial charge >= 0.3 is 6.36 Å². The van der Waals surface area contributed by atoms with Crippen LogP contribution in [0.25, 0.3) is 0 Å². The number of ether oxygens (including phenoxy) is 2. The zero-order valence-electron chi connectivity index (χ0n) is 8.75. The Labute approximate surface area is 92.0 Å². The van der Waals surface area contributed by atoms with Crippen LogP contribution in [0.5, 0.6) is 5.75 Å². The monoisotopic (exact) mass is 233 g/mol. The van der Waals surface area contributed by atoms with Crippen molar-refractivity contribution in [2.45, 2.75) is 19.7 Å². The number of hydrogen-bond acceptors (Lipinski definition) is 2. The number of benzene rings is 1. The standard InChI is InChI=1S/C11H12F3O2/c1-2-15-8-7-9-3-5-10(6-4-9)16-11(12,13)14/h2-6H,7-8H2,1H3. The first-order valence-electron chi connectivity index (χ1n) is 4.75. The third kappa shape index (κ3) is 5.02. The largest absolute Gasteiger partial charge is 0.573 e. The molecule has 0 N–H and O–H groups in total. The van der Waals surface area contributed by atoms with Gasteiger partial charge in [0.05, 0.1) is 13.2 Å². The molecular weight excluding hydrogens is 221 g/mol. The maximum Gasteiger partial charge on any atom is 0.573 e. The van der Waals surface area contributed by atoms with Crippen LogP contribution in [0.1, 0.15) is 12.5 Å². The summed E-state index contributed by atoms with van der Waals surface area (Å²) in [5.74, 6) is -0.209. The maximum absolute atomic E-state index is 11.8. The van der Waals surface area contributed by atoms with Gasteiger partial charge in [-0.1, -0.05) is 12.1 Å². The highest BCUT2D eigenvalue weighted by molar-refractivity contribution is 5.27. The van der Waals surface area contributed by atoms with Crippen molar-refractivity contribution in [1.82, 2.24) is 0 Å². The Kier molecular flexibility index (Phi) is 4.61. The van der Waals surface area contributed by atoms with E-state index in [1.807, 2.05) is 0 Å². The van der Waals surface area contributed by atoms with Crippen molar-refractivity contribution in [3.05, 3.63) is 36.4 Å². The summed E-state index contributed by atoms with van der Waals surface area (Å²) in [6.45, 7) is 3.84. The molecule has 0 saturated heterocycles. The van der Waals surface area contributed by atoms with E-state index in [1.54, 1.807) is 25.7 Å². The topological polar surface area (TPSA) is 18.5 Å². The number of alkyl halides is 3. The average Bonchev–Trinajstić information content (AvgIpc) is 2.19. The van der Waals surface area contributed by atoms with E-state index < -0.39 is 6.36 Å². The minimum atomic E-state index is -4.64. The molecule has 1 rings (SSSR count). The van der Waals surface area contributed by atoms with Gasteiger partial charge in [0.2, 0.25) is 0 Å². The Hall–Kier alpha value is -1.23. The van der Waals surface area contributed by atoms with Gasteiger partial charge < -0.3 is 9.47 Å². The van der Waals surface area contributed by atoms with Gasteiger partial charge in [0.1, 0.15) is 5.75 Å². The van der Waals surface area contributed by atoms with Crippen LogP contribution in [-0.4, -0.2) is 13.0 Å². The van der Waals surface area contributed by atoms with Crippen LogP contribution in [0.2, 0.25) is 0 Å². The second kappa shape index (κ2) is 5.75. The van der Waals surface area contributed by atoms with Crippen LogP contribution in [-0.2, 0) is 11.2 Å². The summed E-state index contributed by atoms with van der Waals surface area (Å²) >= 11 is 0. The number of hydrogen-bond donors (Lipinski definition) is 0. The summed E-state index contributed by atoms with van der Waals surface area (Å²) in [4.78, 5) is 0. The second-order valence-corrected chi connectivity index (χ2v) is 3.05. The molecule has 5 heteroatoms. The fourth-order valence-electron chi connectivity index (χ4n) is 1.15. The lowest BCUT2D eigenvalue weighted by atomic mass is 10.1. The summed E-state index contributed by atoms with van der Waals surface area (Å²) < 4.78 is 44.3. The second-order valence-electron chi connectivity index (χ2n) is 3.05. The van der Waals surface area contributed by atoms with E-state index in [2.05, 4.69) is 4.74 Å². The molecule has 0 aliphatic rings. The van der Waals surface area contributed by atoms with Gasteiger partial charge in [-0.2, -0.15) is 0 Å². The molecule has 0 aliphatic heterocycles. The molecule has 0 atom stereocenters. The first-order chi connectivity index (χ1) is 7.51. The van der Waals surface area contributed by atoms with Gasteiger partial charge in [-0.25, -0.2) is 0 Å². The van der Waals surface area contributed by atoms with Crippen molar-refractivity contribution < 1.29 is 22.6 Å². The average molecular weight is 233 g/mol. The lowest BCUT2D eigenvalue weighted by Crippen LogP contribution is -2.17. The van der Waals surface area contributed by atoms with Gasteiger partial charge in [-0.05, 0) is 31.0 Å². The Morgan fingerprint density at radius 3 is 2.31 bits per heavy atom. The summed E-state index contributed by atoms with van der Waals surface area (Å²) in [5.41, 5.74) is 0.899. The van der Waals surface area contributed by atoms with Crippen molar-refractivity contribution in [2.24, 2.45) is 0 Å². The predicted molar refractivity (Wildman–Crippen MR) is 52.8 cm³/mol. The minimum Gasteiger partial charge on any atom is -0.406 e. The van der Waals surface area contributed by atoms with Crippen molar-refractivity contribution in [3.8, 4) is 5.75 Å². The van der Waals surface area contributed by atoms with Crippen LogP contribution < -0.4 is 4.74 Å². The Morgan fingerprint density at radius 1 is 1.19 bits per heavy atom. The first kappa shape index (κ1) is 12.8. The highest BCUT2D eigenvalue weighted by Crippen LogP contribution is 2.22. The molecule has 89 valence electrons. The van der Waals surface area contributed by atoms with E-state index in [1.165, 1.54) is 12.1 Å². The highest BCUT2D eigenvalue weighted by atomic mass is 19.4. The highest BCUT2D eigenvalue weighted by Gasteiger charge is 2.30. The molecule has 2 nitrogen and oxygen atoms in total. The lowest BCUT2D eigenvalue weighted by Gasteiger charge is -2.09. The summed E-state index contributed by atoms with van der Waals surface area (Å²) in [6, 6.07) is 5.75. The molecule has 0 fully saturated rings. The molecule has 0 amide bonds. The molecule has 0 aromatic heterocycles. The zero-order chi connectivity index (χ0) is 12.0. The van der Waals surface area contributed by atoms with E-state index >= 15 is 0 Å². The van der Waals surface area contributed by atoms with Crippen molar-refractivity contribution in [2.75, 3.05) is 6.61 Å². The quantitative estimate of drug-likeness (QED) is 0.726. The van der Waals surface area contributed by atoms with E-state index in [-0.39, 0.29) is 5.75 Å². The fraction of sp³-hybridized carbons (Fsp3) is 0.364. The zero-order valence-corrected chi connectivity index (χ0v) is 8.75. The Bertz CT molecular complexity index is 306. The van der Waals surface area contributed by atoms with Gasteiger partial charge in [-0.3, -0.25) is 0 Å². The fourth-order valence-corrected chi connectivity index (χ4v) is 1.15. The van der Waals surface area contributed by atoms with Crippen molar-refractivity contribution in [3.63, 3.8) is 0 Å². The molecule has 1 aromatic carbocycles. The van der Waals surface area contributed by atoms with Crippen LogP contribution in [0.4, 0.5) is 13.2 Å². The van der Waals surface area contributed by atoms with Gasteiger partial charge in [0.25, 0.3) is 0 Å². The van der Waals surface area contributed by atoms with Gasteiger partial charge in [0, 0.05) is 0 Å². The van der Waals surface area contributed by atoms with E-state index in [0.29, 0.717) is 13.0 Å². The maximum atomic E-state index is 11.8. The molecule has 0 heterocycles. The third-order valence-electron chi connectivity index (χ3n) is 1.83. The number of rotatable bonds is 5. The molecule has 1 radical (unpaired) electrons. The van der Waals surface area contributed by atoms with E-state index in [4.69, 9.17) is 4.74 Å². The SMILES string of the molecule is C[CH]OCCc1ccc(OC(F)(F)F)cc1. The van der Waals surface area contributed by atoms with Gasteiger partial charge in [0.15, 0.2) is 0 Å². The normalized spacial score (nSPS) is 11.5. The van der Waals surface area contributed by atoms with Crippen LogP contribution in [0, 0.1) is 6.61 Å². The first-order valence-corrected chi connectivity index (χ1v) is 4.75. The van der Waals surface area contributed by atoms with Crippen LogP contribution >= 0.6 is 0 Å². The van der Waals surface area contributed by atoms with E-state index in [0.717, 1.165) is 5.56 Å². The smallest absolute Gasteiger partial charge is 0.406 e. The minimum absolute atomic E-state index is 0.209. The van der Waals surface area contributed by atoms with Crippen molar-refractivity contribution in [1.29, 1.82) is 0 Å². The molecule has 0 saturated carbocycles. The predicted octanol–water partition coefficient (Wildman–Crippen LogP) is 3.33. The molecular formula is C11H12F3O2. The summed E-state index contributed by atoms with van der Waals surface area (Å²) in [5, 5.41) is 0. The van der Waals surface area contributed by atoms with Gasteiger partial charge in [-0.15, -0.1) is 13.2 Å². The Morgan fingerprint density at radius 2 is 1.81 bits per heavy atom. The molecule has 1 aromatic rings. The summed E-state index contributed by atoms with van der Waals surface area (Å²) in [7, 11) is 0. The molecule has 0 spiro atoms. The molecule has 0 unspecified atom stereocenters. The van der Waals surface area contributed by atoms with Crippen LogP contribution in [0.15, 0.2) is 24.3 Å². The Balaban J connectivity index is 2.48. The molecule has 0 aliphatic carbocycles. The third-order valence-corrected chi connectivity index (χ3v) is 1.83. The van der Waals surface area contributed by atoms with Crippen LogP contribution in [0.3, 0.4) is 0 Å². The molecule has 16 heavy (non-hydrogen) atoms. The number of halogens is 3. The van der Waals surface area contributed by atoms with E-state index in [9.17, 15) is 13.2 Å². The van der Waals surface area contributed by atoms with Crippen molar-refractivity contribution >= 4 is 0 Å².